The summed E-state index contributed by atoms with van der Waals surface area (Å²) >= 11 is 0.825. The molecule has 26 heavy (non-hydrogen) atoms. The third-order valence-corrected chi connectivity index (χ3v) is 6.79. The van der Waals surface area contributed by atoms with E-state index in [0.717, 1.165) is 11.3 Å². The van der Waals surface area contributed by atoms with E-state index < -0.39 is 40.2 Å². The van der Waals surface area contributed by atoms with Crippen LogP contribution in [0.3, 0.4) is 0 Å². The summed E-state index contributed by atoms with van der Waals surface area (Å²) in [6, 6.07) is 0.303. The Bertz CT molecular complexity index is 931. The fraction of sp³-hybridized carbons (Fsp3) is 0.500. The van der Waals surface area contributed by atoms with Crippen molar-refractivity contribution < 1.29 is 39.3 Å². The second kappa shape index (κ2) is 5.92. The second-order valence-corrected chi connectivity index (χ2v) is 8.37. The van der Waals surface area contributed by atoms with E-state index in [1.165, 1.54) is 13.0 Å². The van der Waals surface area contributed by atoms with E-state index in [9.17, 15) is 34.8 Å². The number of thiophene rings is 1. The molecular weight excluding hydrogens is 412 g/mol. The van der Waals surface area contributed by atoms with Crippen molar-refractivity contribution in [1.82, 2.24) is 14.4 Å². The number of fused-ring (bicyclic) bond motifs is 1. The van der Waals surface area contributed by atoms with Gasteiger partial charge in [-0.2, -0.15) is 35.6 Å². The van der Waals surface area contributed by atoms with E-state index in [4.69, 9.17) is 0 Å². The summed E-state index contributed by atoms with van der Waals surface area (Å²) < 4.78 is 104. The Labute approximate surface area is 146 Å². The van der Waals surface area contributed by atoms with Crippen LogP contribution in [0, 0.1) is 0 Å². The standard InChI is InChI=1S/C12H9F6N3O3S2/c1-5-8-6(2-3-21(5)26(22,23)12(16,17)18)4-7(25-8)9-19-10(24-20-9)11(13,14)15/h4-5H,2-3H2,1H3. The summed E-state index contributed by atoms with van der Waals surface area (Å²) in [5, 5.41) is 3.22. The topological polar surface area (TPSA) is 76.3 Å². The molecule has 3 heterocycles. The number of aromatic nitrogens is 2. The quantitative estimate of drug-likeness (QED) is 0.693. The zero-order chi connectivity index (χ0) is 19.5. The fourth-order valence-electron chi connectivity index (χ4n) is 2.56. The molecule has 144 valence electrons. The molecule has 0 aromatic carbocycles. The van der Waals surface area contributed by atoms with Gasteiger partial charge in [0.2, 0.25) is 5.82 Å². The van der Waals surface area contributed by atoms with Gasteiger partial charge in [0.1, 0.15) is 0 Å². The highest BCUT2D eigenvalue weighted by Crippen LogP contribution is 2.43. The molecule has 0 radical (unpaired) electrons. The van der Waals surface area contributed by atoms with Gasteiger partial charge in [-0.3, -0.25) is 0 Å². The third-order valence-electron chi connectivity index (χ3n) is 3.74. The number of sulfonamides is 1. The van der Waals surface area contributed by atoms with E-state index in [-0.39, 0.29) is 22.0 Å². The fourth-order valence-corrected chi connectivity index (χ4v) is 4.95. The van der Waals surface area contributed by atoms with Crippen LogP contribution in [0.2, 0.25) is 0 Å². The van der Waals surface area contributed by atoms with E-state index in [1.54, 1.807) is 0 Å². The summed E-state index contributed by atoms with van der Waals surface area (Å²) in [4.78, 5) is 3.66. The van der Waals surface area contributed by atoms with Crippen molar-refractivity contribution in [1.29, 1.82) is 0 Å². The predicted octanol–water partition coefficient (Wildman–Crippen LogP) is 3.59. The van der Waals surface area contributed by atoms with Crippen LogP contribution < -0.4 is 0 Å². The first-order valence-corrected chi connectivity index (χ1v) is 9.20. The van der Waals surface area contributed by atoms with Crippen molar-refractivity contribution in [2.45, 2.75) is 31.1 Å². The van der Waals surface area contributed by atoms with E-state index >= 15 is 0 Å². The first-order valence-electron chi connectivity index (χ1n) is 6.94. The highest BCUT2D eigenvalue weighted by Gasteiger charge is 2.52. The highest BCUT2D eigenvalue weighted by molar-refractivity contribution is 7.90. The molecule has 1 aliphatic rings. The third kappa shape index (κ3) is 3.09. The molecular formula is C12H9F6N3O3S2. The lowest BCUT2D eigenvalue weighted by molar-refractivity contribution is -0.159. The molecule has 0 N–H and O–H groups in total. The Kier molecular flexibility index (Phi) is 4.35. The average molecular weight is 421 g/mol. The normalized spacial score (nSPS) is 19.6. The molecule has 0 fully saturated rings. The first-order chi connectivity index (χ1) is 11.8. The lowest BCUT2D eigenvalue weighted by atomic mass is 10.0. The minimum Gasteiger partial charge on any atom is -0.329 e. The molecule has 1 atom stereocenters. The number of nitrogens with zero attached hydrogens (tertiary/aromatic N) is 3. The molecule has 14 heteroatoms. The molecule has 1 aliphatic heterocycles. The van der Waals surface area contributed by atoms with Gasteiger partial charge in [-0.15, -0.1) is 11.3 Å². The SMILES string of the molecule is CC1c2sc(-c3noc(C(F)(F)F)n3)cc2CCN1S(=O)(=O)C(F)(F)F. The molecule has 2 aromatic rings. The van der Waals surface area contributed by atoms with Crippen LogP contribution in [-0.2, 0) is 22.6 Å². The minimum atomic E-state index is -5.52. The van der Waals surface area contributed by atoms with Gasteiger partial charge in [0.15, 0.2) is 0 Å². The second-order valence-electron chi connectivity index (χ2n) is 5.41. The lowest BCUT2D eigenvalue weighted by Crippen LogP contribution is -2.44. The number of halogens is 6. The number of alkyl halides is 6. The van der Waals surface area contributed by atoms with Crippen LogP contribution in [-0.4, -0.2) is 34.9 Å². The smallest absolute Gasteiger partial charge is 0.329 e. The van der Waals surface area contributed by atoms with Crippen LogP contribution >= 0.6 is 11.3 Å². The Morgan fingerprint density at radius 3 is 2.46 bits per heavy atom. The van der Waals surface area contributed by atoms with Crippen LogP contribution in [0.1, 0.15) is 29.3 Å². The number of hydrogen-bond donors (Lipinski definition) is 0. The Morgan fingerprint density at radius 1 is 1.27 bits per heavy atom. The van der Waals surface area contributed by atoms with Crippen molar-refractivity contribution in [2.24, 2.45) is 0 Å². The van der Waals surface area contributed by atoms with Gasteiger partial charge in [-0.25, -0.2) is 8.42 Å². The van der Waals surface area contributed by atoms with Crippen LogP contribution in [0.4, 0.5) is 26.3 Å². The number of rotatable bonds is 2. The van der Waals surface area contributed by atoms with Crippen LogP contribution in [0.5, 0.6) is 0 Å². The Morgan fingerprint density at radius 2 is 1.92 bits per heavy atom. The van der Waals surface area contributed by atoms with Crippen molar-refractivity contribution in [2.75, 3.05) is 6.54 Å². The average Bonchev–Trinajstić information content (AvgIpc) is 3.12. The summed E-state index contributed by atoms with van der Waals surface area (Å²) in [5.74, 6) is -1.91. The zero-order valence-corrected chi connectivity index (χ0v) is 14.4. The van der Waals surface area contributed by atoms with Gasteiger partial charge in [0.25, 0.3) is 0 Å². The van der Waals surface area contributed by atoms with Gasteiger partial charge in [-0.1, -0.05) is 5.16 Å². The van der Waals surface area contributed by atoms with Crippen LogP contribution in [0.15, 0.2) is 10.6 Å². The number of hydrogen-bond acceptors (Lipinski definition) is 6. The van der Waals surface area contributed by atoms with Gasteiger partial charge in [0.05, 0.1) is 10.9 Å². The van der Waals surface area contributed by atoms with Gasteiger partial charge >= 0.3 is 27.6 Å². The lowest BCUT2D eigenvalue weighted by Gasteiger charge is -2.32. The molecule has 0 bridgehead atoms. The van der Waals surface area contributed by atoms with E-state index in [1.807, 2.05) is 0 Å². The monoisotopic (exact) mass is 421 g/mol. The maximum absolute atomic E-state index is 12.8. The van der Waals surface area contributed by atoms with Crippen LogP contribution in [0.25, 0.3) is 10.7 Å². The highest BCUT2D eigenvalue weighted by atomic mass is 32.2. The molecule has 0 saturated carbocycles. The molecule has 6 nitrogen and oxygen atoms in total. The molecule has 0 saturated heterocycles. The molecule has 0 aliphatic carbocycles. The Balaban J connectivity index is 1.95. The van der Waals surface area contributed by atoms with Crippen molar-refractivity contribution in [3.05, 3.63) is 22.4 Å². The zero-order valence-electron chi connectivity index (χ0n) is 12.7. The van der Waals surface area contributed by atoms with E-state index in [0.29, 0.717) is 9.87 Å². The summed E-state index contributed by atoms with van der Waals surface area (Å²) in [7, 11) is -5.52. The van der Waals surface area contributed by atoms with Crippen molar-refractivity contribution in [3.63, 3.8) is 0 Å². The molecule has 1 unspecified atom stereocenters. The van der Waals surface area contributed by atoms with Gasteiger partial charge in [0, 0.05) is 11.4 Å². The molecule has 0 amide bonds. The maximum Gasteiger partial charge on any atom is 0.511 e. The molecule has 2 aromatic heterocycles. The largest absolute Gasteiger partial charge is 0.511 e. The van der Waals surface area contributed by atoms with Gasteiger partial charge < -0.3 is 4.52 Å². The molecule has 0 spiro atoms. The Hall–Kier alpha value is -1.67. The predicted molar refractivity (Wildman–Crippen MR) is 76.4 cm³/mol. The van der Waals surface area contributed by atoms with Gasteiger partial charge in [-0.05, 0) is 25.0 Å². The van der Waals surface area contributed by atoms with E-state index in [2.05, 4.69) is 14.7 Å². The summed E-state index contributed by atoms with van der Waals surface area (Å²) in [6.07, 6.45) is -4.84. The summed E-state index contributed by atoms with van der Waals surface area (Å²) in [5.41, 5.74) is -4.90. The molecule has 3 rings (SSSR count). The minimum absolute atomic E-state index is 0.0184. The van der Waals surface area contributed by atoms with Crippen molar-refractivity contribution in [3.8, 4) is 10.7 Å². The summed E-state index contributed by atoms with van der Waals surface area (Å²) in [6.45, 7) is 0.880. The van der Waals surface area contributed by atoms with Crippen molar-refractivity contribution >= 4 is 21.4 Å². The maximum atomic E-state index is 12.8. The first kappa shape index (κ1) is 19.1.